The van der Waals surface area contributed by atoms with Gasteiger partial charge in [-0.15, -0.1) is 0 Å². The average molecular weight is 311 g/mol. The fraction of sp³-hybridized carbons (Fsp3) is 0.562. The van der Waals surface area contributed by atoms with Gasteiger partial charge in [-0.25, -0.2) is 0 Å². The van der Waals surface area contributed by atoms with Gasteiger partial charge in [0.15, 0.2) is 0 Å². The lowest BCUT2D eigenvalue weighted by atomic mass is 9.94. The third kappa shape index (κ3) is 4.99. The van der Waals surface area contributed by atoms with E-state index in [4.69, 9.17) is 16.3 Å². The van der Waals surface area contributed by atoms with Crippen molar-refractivity contribution in [2.24, 2.45) is 0 Å². The van der Waals surface area contributed by atoms with Crippen LogP contribution in [0, 0.1) is 6.92 Å². The van der Waals surface area contributed by atoms with Crippen LogP contribution in [0.4, 0.5) is 5.69 Å². The Labute approximate surface area is 131 Å². The molecule has 1 heterocycles. The predicted molar refractivity (Wildman–Crippen MR) is 85.9 cm³/mol. The van der Waals surface area contributed by atoms with Gasteiger partial charge in [-0.2, -0.15) is 0 Å². The Kier molecular flexibility index (Phi) is 5.25. The summed E-state index contributed by atoms with van der Waals surface area (Å²) in [6.45, 7) is 7.14. The first-order valence-corrected chi connectivity index (χ1v) is 7.67. The van der Waals surface area contributed by atoms with Crippen LogP contribution in [0.2, 0.25) is 5.02 Å². The fourth-order valence-electron chi connectivity index (χ4n) is 2.57. The van der Waals surface area contributed by atoms with E-state index in [0.717, 1.165) is 30.7 Å². The second-order valence-electron chi connectivity index (χ2n) is 6.19. The van der Waals surface area contributed by atoms with Crippen LogP contribution in [0.15, 0.2) is 18.2 Å². The summed E-state index contributed by atoms with van der Waals surface area (Å²) in [5, 5.41) is 6.82. The van der Waals surface area contributed by atoms with Crippen molar-refractivity contribution in [1.29, 1.82) is 0 Å². The lowest BCUT2D eigenvalue weighted by Crippen LogP contribution is -2.45. The van der Waals surface area contributed by atoms with Crippen LogP contribution in [-0.4, -0.2) is 30.7 Å². The van der Waals surface area contributed by atoms with Crippen molar-refractivity contribution in [3.8, 4) is 0 Å². The van der Waals surface area contributed by atoms with Gasteiger partial charge in [0.2, 0.25) is 5.91 Å². The summed E-state index contributed by atoms with van der Waals surface area (Å²) in [7, 11) is 0. The SMILES string of the molecule is Cc1ccc(Cl)cc1NC(=O)CNC1CCOC(C)(C)C1. The first kappa shape index (κ1) is 16.3. The van der Waals surface area contributed by atoms with Gasteiger partial charge >= 0.3 is 0 Å². The Morgan fingerprint density at radius 2 is 2.24 bits per heavy atom. The zero-order valence-corrected chi connectivity index (χ0v) is 13.6. The Bertz CT molecular complexity index is 517. The minimum absolute atomic E-state index is 0.0512. The molecule has 1 atom stereocenters. The van der Waals surface area contributed by atoms with Gasteiger partial charge in [0.1, 0.15) is 0 Å². The second-order valence-corrected chi connectivity index (χ2v) is 6.62. The predicted octanol–water partition coefficient (Wildman–Crippen LogP) is 3.13. The van der Waals surface area contributed by atoms with Gasteiger partial charge < -0.3 is 15.4 Å². The number of carbonyl (C=O) groups is 1. The lowest BCUT2D eigenvalue weighted by molar-refractivity contribution is -0.116. The first-order chi connectivity index (χ1) is 9.85. The van der Waals surface area contributed by atoms with E-state index < -0.39 is 0 Å². The van der Waals surface area contributed by atoms with Crippen molar-refractivity contribution < 1.29 is 9.53 Å². The molecule has 1 aliphatic rings. The van der Waals surface area contributed by atoms with E-state index in [-0.39, 0.29) is 11.5 Å². The number of anilines is 1. The van der Waals surface area contributed by atoms with Crippen LogP contribution in [-0.2, 0) is 9.53 Å². The van der Waals surface area contributed by atoms with Crippen LogP contribution >= 0.6 is 11.6 Å². The van der Waals surface area contributed by atoms with Crippen LogP contribution in [0.5, 0.6) is 0 Å². The highest BCUT2D eigenvalue weighted by molar-refractivity contribution is 6.31. The van der Waals surface area contributed by atoms with E-state index in [1.54, 1.807) is 6.07 Å². The number of aryl methyl sites for hydroxylation is 1. The molecule has 1 unspecified atom stereocenters. The summed E-state index contributed by atoms with van der Waals surface area (Å²) in [6.07, 6.45) is 1.85. The third-order valence-corrected chi connectivity index (χ3v) is 3.96. The molecule has 0 aliphatic carbocycles. The molecule has 0 spiro atoms. The molecule has 1 aromatic rings. The number of ether oxygens (including phenoxy) is 1. The largest absolute Gasteiger partial charge is 0.375 e. The molecule has 1 saturated heterocycles. The minimum atomic E-state index is -0.115. The highest BCUT2D eigenvalue weighted by Gasteiger charge is 2.28. The summed E-state index contributed by atoms with van der Waals surface area (Å²) in [5.41, 5.74) is 1.65. The smallest absolute Gasteiger partial charge is 0.238 e. The fourth-order valence-corrected chi connectivity index (χ4v) is 2.74. The molecule has 4 nitrogen and oxygen atoms in total. The molecule has 0 aromatic heterocycles. The molecule has 5 heteroatoms. The van der Waals surface area contributed by atoms with Gasteiger partial charge in [0.25, 0.3) is 0 Å². The number of carbonyl (C=O) groups excluding carboxylic acids is 1. The quantitative estimate of drug-likeness (QED) is 0.898. The van der Waals surface area contributed by atoms with Gasteiger partial charge in [-0.1, -0.05) is 17.7 Å². The molecule has 1 aliphatic heterocycles. The maximum Gasteiger partial charge on any atom is 0.238 e. The van der Waals surface area contributed by atoms with Crippen molar-refractivity contribution in [1.82, 2.24) is 5.32 Å². The van der Waals surface area contributed by atoms with Crippen molar-refractivity contribution in [2.75, 3.05) is 18.5 Å². The average Bonchev–Trinajstić information content (AvgIpc) is 2.40. The maximum atomic E-state index is 12.0. The minimum Gasteiger partial charge on any atom is -0.375 e. The highest BCUT2D eigenvalue weighted by Crippen LogP contribution is 2.24. The van der Waals surface area contributed by atoms with Crippen LogP contribution in [0.1, 0.15) is 32.3 Å². The van der Waals surface area contributed by atoms with Gasteiger partial charge in [-0.3, -0.25) is 4.79 Å². The maximum absolute atomic E-state index is 12.0. The molecule has 2 N–H and O–H groups in total. The van der Waals surface area contributed by atoms with E-state index >= 15 is 0 Å². The van der Waals surface area contributed by atoms with Gasteiger partial charge in [0.05, 0.1) is 12.1 Å². The third-order valence-electron chi connectivity index (χ3n) is 3.72. The Morgan fingerprint density at radius 1 is 1.48 bits per heavy atom. The van der Waals surface area contributed by atoms with Crippen molar-refractivity contribution in [3.05, 3.63) is 28.8 Å². The number of amides is 1. The molecular weight excluding hydrogens is 288 g/mol. The number of nitrogens with one attached hydrogen (secondary N) is 2. The molecular formula is C16H23ClN2O2. The van der Waals surface area contributed by atoms with Crippen molar-refractivity contribution >= 4 is 23.2 Å². The Morgan fingerprint density at radius 3 is 2.95 bits per heavy atom. The number of rotatable bonds is 4. The molecule has 0 radical (unpaired) electrons. The van der Waals surface area contributed by atoms with E-state index in [2.05, 4.69) is 24.5 Å². The normalized spacial score (nSPS) is 21.0. The first-order valence-electron chi connectivity index (χ1n) is 7.29. The second kappa shape index (κ2) is 6.77. The molecule has 116 valence electrons. The number of halogens is 1. The topological polar surface area (TPSA) is 50.4 Å². The van der Waals surface area contributed by atoms with Gasteiger partial charge in [0, 0.05) is 23.4 Å². The van der Waals surface area contributed by atoms with Gasteiger partial charge in [-0.05, 0) is 51.3 Å². The summed E-state index contributed by atoms with van der Waals surface area (Å²) in [5.74, 6) is -0.0512. The standard InChI is InChI=1S/C16H23ClN2O2/c1-11-4-5-12(17)8-14(11)19-15(20)10-18-13-6-7-21-16(2,3)9-13/h4-5,8,13,18H,6-7,9-10H2,1-3H3,(H,19,20). The van der Waals surface area contributed by atoms with E-state index in [9.17, 15) is 4.79 Å². The summed E-state index contributed by atoms with van der Waals surface area (Å²) >= 11 is 5.95. The summed E-state index contributed by atoms with van der Waals surface area (Å²) in [4.78, 5) is 12.0. The van der Waals surface area contributed by atoms with E-state index in [1.165, 1.54) is 0 Å². The lowest BCUT2D eigenvalue weighted by Gasteiger charge is -2.35. The molecule has 21 heavy (non-hydrogen) atoms. The number of hydrogen-bond donors (Lipinski definition) is 2. The molecule has 2 rings (SSSR count). The highest BCUT2D eigenvalue weighted by atomic mass is 35.5. The molecule has 1 fully saturated rings. The van der Waals surface area contributed by atoms with Crippen LogP contribution in [0.3, 0.4) is 0 Å². The zero-order chi connectivity index (χ0) is 15.5. The number of benzene rings is 1. The molecule has 0 bridgehead atoms. The van der Waals surface area contributed by atoms with Crippen LogP contribution in [0.25, 0.3) is 0 Å². The Hall–Kier alpha value is -1.10. The monoisotopic (exact) mass is 310 g/mol. The summed E-state index contributed by atoms with van der Waals surface area (Å²) < 4.78 is 5.67. The Balaban J connectivity index is 1.83. The molecule has 0 saturated carbocycles. The van der Waals surface area contributed by atoms with Crippen molar-refractivity contribution in [3.63, 3.8) is 0 Å². The molecule has 1 aromatic carbocycles. The molecule has 1 amide bonds. The zero-order valence-electron chi connectivity index (χ0n) is 12.8. The van der Waals surface area contributed by atoms with Crippen molar-refractivity contribution in [2.45, 2.75) is 45.3 Å². The van der Waals surface area contributed by atoms with E-state index in [0.29, 0.717) is 17.6 Å². The number of hydrogen-bond acceptors (Lipinski definition) is 3. The van der Waals surface area contributed by atoms with E-state index in [1.807, 2.05) is 19.1 Å². The van der Waals surface area contributed by atoms with Crippen LogP contribution < -0.4 is 10.6 Å². The summed E-state index contributed by atoms with van der Waals surface area (Å²) in [6, 6.07) is 5.80.